The Hall–Kier alpha value is -1.39. The quantitative estimate of drug-likeness (QED) is 0.918. The van der Waals surface area contributed by atoms with Crippen molar-refractivity contribution in [2.45, 2.75) is 25.9 Å². The summed E-state index contributed by atoms with van der Waals surface area (Å²) in [6.07, 6.45) is 2.47. The Balaban J connectivity index is 1.64. The number of likely N-dealkylation sites (tertiary alicyclic amines) is 1. The van der Waals surface area contributed by atoms with Crippen LogP contribution in [0.2, 0.25) is 0 Å². The van der Waals surface area contributed by atoms with Crippen molar-refractivity contribution in [3.63, 3.8) is 0 Å². The first kappa shape index (κ1) is 14.5. The second-order valence-corrected chi connectivity index (χ2v) is 6.12. The fourth-order valence-corrected chi connectivity index (χ4v) is 3.44. The topological polar surface area (TPSA) is 35.6 Å². The van der Waals surface area contributed by atoms with Crippen molar-refractivity contribution < 1.29 is 4.79 Å². The van der Waals surface area contributed by atoms with Crippen LogP contribution in [0.25, 0.3) is 0 Å². The van der Waals surface area contributed by atoms with Crippen molar-refractivity contribution in [2.75, 3.05) is 32.7 Å². The monoisotopic (exact) mass is 287 g/mol. The Morgan fingerprint density at radius 2 is 1.90 bits per heavy atom. The Kier molecular flexibility index (Phi) is 4.56. The smallest absolute Gasteiger partial charge is 0.238 e. The minimum atomic E-state index is 0.0582. The number of benzene rings is 1. The number of nitrogens with one attached hydrogen (secondary N) is 1. The second kappa shape index (κ2) is 6.58. The molecule has 114 valence electrons. The lowest BCUT2D eigenvalue weighted by Gasteiger charge is -2.35. The first-order valence-electron chi connectivity index (χ1n) is 8.08. The van der Waals surface area contributed by atoms with E-state index in [0.29, 0.717) is 12.5 Å². The van der Waals surface area contributed by atoms with Crippen LogP contribution in [0.4, 0.5) is 0 Å². The van der Waals surface area contributed by atoms with E-state index in [-0.39, 0.29) is 12.1 Å². The average Bonchev–Trinajstić information content (AvgIpc) is 2.90. The molecule has 0 bridgehead atoms. The van der Waals surface area contributed by atoms with E-state index in [1.807, 2.05) is 23.1 Å². The highest BCUT2D eigenvalue weighted by molar-refractivity contribution is 5.81. The lowest BCUT2D eigenvalue weighted by atomic mass is 9.96. The summed E-state index contributed by atoms with van der Waals surface area (Å²) in [5.41, 5.74) is 1.19. The molecule has 0 aromatic heterocycles. The second-order valence-electron chi connectivity index (χ2n) is 6.12. The average molecular weight is 287 g/mol. The van der Waals surface area contributed by atoms with Crippen LogP contribution in [0.15, 0.2) is 30.3 Å². The largest absolute Gasteiger partial charge is 0.322 e. The van der Waals surface area contributed by atoms with E-state index < -0.39 is 0 Å². The molecule has 0 aliphatic carbocycles. The van der Waals surface area contributed by atoms with Crippen LogP contribution in [-0.2, 0) is 4.79 Å². The van der Waals surface area contributed by atoms with Crippen molar-refractivity contribution >= 4 is 5.91 Å². The van der Waals surface area contributed by atoms with Gasteiger partial charge in [-0.3, -0.25) is 10.1 Å². The zero-order chi connectivity index (χ0) is 14.7. The Bertz CT molecular complexity index is 468. The summed E-state index contributed by atoms with van der Waals surface area (Å²) < 4.78 is 0. The van der Waals surface area contributed by atoms with Gasteiger partial charge >= 0.3 is 0 Å². The lowest BCUT2D eigenvalue weighted by molar-refractivity contribution is -0.128. The molecule has 1 amide bonds. The summed E-state index contributed by atoms with van der Waals surface area (Å²) in [7, 11) is 0. The maximum atomic E-state index is 12.2. The standard InChI is InChI=1S/C17H25N3O/c1-2-19-10-8-14(9-11-19)13-20-16(21)12-18-17(20)15-6-4-3-5-7-15/h3-7,14,17-18H,2,8-13H2,1H3. The van der Waals surface area contributed by atoms with E-state index in [2.05, 4.69) is 29.3 Å². The number of amides is 1. The van der Waals surface area contributed by atoms with E-state index in [1.54, 1.807) is 0 Å². The van der Waals surface area contributed by atoms with Gasteiger partial charge in [-0.2, -0.15) is 0 Å². The molecule has 0 saturated carbocycles. The van der Waals surface area contributed by atoms with Gasteiger partial charge in [0.2, 0.25) is 5.91 Å². The zero-order valence-corrected chi connectivity index (χ0v) is 12.8. The molecule has 4 heteroatoms. The summed E-state index contributed by atoms with van der Waals surface area (Å²) >= 11 is 0. The summed E-state index contributed by atoms with van der Waals surface area (Å²) in [6, 6.07) is 10.3. The van der Waals surface area contributed by atoms with Crippen molar-refractivity contribution in [3.8, 4) is 0 Å². The van der Waals surface area contributed by atoms with E-state index >= 15 is 0 Å². The van der Waals surface area contributed by atoms with Crippen LogP contribution in [-0.4, -0.2) is 48.4 Å². The SMILES string of the molecule is CCN1CCC(CN2C(=O)CNC2c2ccccc2)CC1. The van der Waals surface area contributed by atoms with Gasteiger partial charge in [0.15, 0.2) is 0 Å². The highest BCUT2D eigenvalue weighted by Gasteiger charge is 2.33. The molecular formula is C17H25N3O. The third kappa shape index (κ3) is 3.27. The van der Waals surface area contributed by atoms with Crippen LogP contribution in [0.3, 0.4) is 0 Å². The van der Waals surface area contributed by atoms with Crippen molar-refractivity contribution in [1.29, 1.82) is 0 Å². The van der Waals surface area contributed by atoms with Crippen LogP contribution in [0.5, 0.6) is 0 Å². The number of nitrogens with zero attached hydrogens (tertiary/aromatic N) is 2. The molecule has 3 rings (SSSR count). The third-order valence-electron chi connectivity index (χ3n) is 4.80. The maximum absolute atomic E-state index is 12.2. The minimum absolute atomic E-state index is 0.0582. The van der Waals surface area contributed by atoms with Gasteiger partial charge in [0, 0.05) is 6.54 Å². The van der Waals surface area contributed by atoms with E-state index in [1.165, 1.54) is 31.5 Å². The highest BCUT2D eigenvalue weighted by Crippen LogP contribution is 2.26. The third-order valence-corrected chi connectivity index (χ3v) is 4.80. The fraction of sp³-hybridized carbons (Fsp3) is 0.588. The first-order chi connectivity index (χ1) is 10.3. The molecule has 1 aromatic rings. The van der Waals surface area contributed by atoms with Gasteiger partial charge in [0.25, 0.3) is 0 Å². The Labute approximate surface area is 127 Å². The number of hydrogen-bond acceptors (Lipinski definition) is 3. The molecule has 1 aromatic carbocycles. The van der Waals surface area contributed by atoms with Crippen LogP contribution in [0, 0.1) is 5.92 Å². The highest BCUT2D eigenvalue weighted by atomic mass is 16.2. The van der Waals surface area contributed by atoms with E-state index in [4.69, 9.17) is 0 Å². The van der Waals surface area contributed by atoms with Crippen molar-refractivity contribution in [2.24, 2.45) is 5.92 Å². The molecule has 4 nitrogen and oxygen atoms in total. The summed E-state index contributed by atoms with van der Waals surface area (Å²) in [5, 5.41) is 3.35. The number of piperidine rings is 1. The van der Waals surface area contributed by atoms with Gasteiger partial charge in [0.05, 0.1) is 6.54 Å². The van der Waals surface area contributed by atoms with Crippen LogP contribution in [0.1, 0.15) is 31.5 Å². The number of hydrogen-bond donors (Lipinski definition) is 1. The van der Waals surface area contributed by atoms with E-state index in [9.17, 15) is 4.79 Å². The molecule has 1 N–H and O–H groups in total. The molecule has 2 aliphatic heterocycles. The molecule has 0 radical (unpaired) electrons. The van der Waals surface area contributed by atoms with Crippen molar-refractivity contribution in [1.82, 2.24) is 15.1 Å². The minimum Gasteiger partial charge on any atom is -0.322 e. The molecule has 2 heterocycles. The van der Waals surface area contributed by atoms with Crippen LogP contribution >= 0.6 is 0 Å². The summed E-state index contributed by atoms with van der Waals surface area (Å²) in [5.74, 6) is 0.879. The molecular weight excluding hydrogens is 262 g/mol. The summed E-state index contributed by atoms with van der Waals surface area (Å²) in [6.45, 7) is 7.07. The van der Waals surface area contributed by atoms with Gasteiger partial charge in [-0.1, -0.05) is 37.3 Å². The lowest BCUT2D eigenvalue weighted by Crippen LogP contribution is -2.40. The van der Waals surface area contributed by atoms with Gasteiger partial charge in [-0.05, 0) is 44.0 Å². The van der Waals surface area contributed by atoms with Gasteiger partial charge < -0.3 is 9.80 Å². The van der Waals surface area contributed by atoms with Gasteiger partial charge in [-0.15, -0.1) is 0 Å². The first-order valence-corrected chi connectivity index (χ1v) is 8.08. The predicted molar refractivity (Wildman–Crippen MR) is 83.7 cm³/mol. The molecule has 2 fully saturated rings. The number of carbonyl (C=O) groups is 1. The zero-order valence-electron chi connectivity index (χ0n) is 12.8. The Morgan fingerprint density at radius 1 is 1.19 bits per heavy atom. The molecule has 0 spiro atoms. The maximum Gasteiger partial charge on any atom is 0.238 e. The Morgan fingerprint density at radius 3 is 2.57 bits per heavy atom. The van der Waals surface area contributed by atoms with Crippen LogP contribution < -0.4 is 5.32 Å². The van der Waals surface area contributed by atoms with Gasteiger partial charge in [0.1, 0.15) is 6.17 Å². The van der Waals surface area contributed by atoms with Crippen molar-refractivity contribution in [3.05, 3.63) is 35.9 Å². The van der Waals surface area contributed by atoms with Gasteiger partial charge in [-0.25, -0.2) is 0 Å². The molecule has 1 unspecified atom stereocenters. The normalized spacial score (nSPS) is 24.7. The molecule has 21 heavy (non-hydrogen) atoms. The molecule has 2 saturated heterocycles. The predicted octanol–water partition coefficient (Wildman–Crippen LogP) is 1.85. The molecule has 1 atom stereocenters. The van der Waals surface area contributed by atoms with E-state index in [0.717, 1.165) is 13.1 Å². The summed E-state index contributed by atoms with van der Waals surface area (Å²) in [4.78, 5) is 16.7. The fourth-order valence-electron chi connectivity index (χ4n) is 3.44. The number of rotatable bonds is 4. The number of carbonyl (C=O) groups excluding carboxylic acids is 1. The molecule has 2 aliphatic rings.